The number of anilines is 2. The molecule has 0 aliphatic rings. The van der Waals surface area contributed by atoms with Crippen LogP contribution in [0.3, 0.4) is 0 Å². The molecule has 0 aliphatic heterocycles. The molecule has 3 aromatic rings. The Morgan fingerprint density at radius 1 is 1.04 bits per heavy atom. The summed E-state index contributed by atoms with van der Waals surface area (Å²) in [4.78, 5) is 9.02. The Hall–Kier alpha value is -2.24. The first-order chi connectivity index (χ1) is 12.6. The largest absolute Gasteiger partial charge is 0.497 e. The van der Waals surface area contributed by atoms with E-state index in [1.165, 1.54) is 17.3 Å². The second-order valence-corrected chi connectivity index (χ2v) is 6.98. The van der Waals surface area contributed by atoms with Crippen LogP contribution in [0.1, 0.15) is 16.7 Å². The summed E-state index contributed by atoms with van der Waals surface area (Å²) in [5.41, 5.74) is 4.16. The lowest BCUT2D eigenvalue weighted by Crippen LogP contribution is -2.04. The number of ether oxygens (including phenoxy) is 1. The van der Waals surface area contributed by atoms with E-state index >= 15 is 0 Å². The van der Waals surface area contributed by atoms with E-state index in [1.54, 1.807) is 7.11 Å². The van der Waals surface area contributed by atoms with Crippen LogP contribution in [0, 0.1) is 6.92 Å². The van der Waals surface area contributed by atoms with E-state index in [2.05, 4.69) is 34.3 Å². The molecule has 3 rings (SSSR count). The zero-order valence-corrected chi connectivity index (χ0v) is 16.5. The van der Waals surface area contributed by atoms with E-state index in [0.29, 0.717) is 16.7 Å². The first-order valence-electron chi connectivity index (χ1n) is 8.16. The van der Waals surface area contributed by atoms with E-state index in [0.717, 1.165) is 28.4 Å². The lowest BCUT2D eigenvalue weighted by atomic mass is 10.1. The van der Waals surface area contributed by atoms with Gasteiger partial charge in [-0.15, -0.1) is 0 Å². The summed E-state index contributed by atoms with van der Waals surface area (Å²) in [5, 5.41) is 4.49. The van der Waals surface area contributed by atoms with E-state index in [1.807, 2.05) is 42.7 Å². The Morgan fingerprint density at radius 3 is 2.35 bits per heavy atom. The van der Waals surface area contributed by atoms with Gasteiger partial charge < -0.3 is 10.1 Å². The molecule has 0 unspecified atom stereocenters. The first kappa shape index (κ1) is 18.5. The van der Waals surface area contributed by atoms with Crippen molar-refractivity contribution in [3.05, 3.63) is 70.4 Å². The molecule has 0 amide bonds. The van der Waals surface area contributed by atoms with Gasteiger partial charge in [0.05, 0.1) is 7.11 Å². The number of aryl methyl sites for hydroxylation is 1. The maximum Gasteiger partial charge on any atom is 0.190 e. The molecule has 0 saturated heterocycles. The van der Waals surface area contributed by atoms with Gasteiger partial charge in [-0.05, 0) is 43.0 Å². The van der Waals surface area contributed by atoms with Gasteiger partial charge in [0, 0.05) is 17.7 Å². The lowest BCUT2D eigenvalue weighted by molar-refractivity contribution is 0.414. The van der Waals surface area contributed by atoms with Gasteiger partial charge in [-0.2, -0.15) is 0 Å². The highest BCUT2D eigenvalue weighted by atomic mass is 35.5. The molecule has 1 N–H and O–H groups in total. The second-order valence-electron chi connectivity index (χ2n) is 5.84. The number of nitrogens with one attached hydrogen (secondary N) is 1. The number of halogens is 1. The van der Waals surface area contributed by atoms with Crippen LogP contribution >= 0.6 is 23.4 Å². The fourth-order valence-electron chi connectivity index (χ4n) is 2.51. The minimum atomic E-state index is 0.467. The van der Waals surface area contributed by atoms with Crippen molar-refractivity contribution in [2.24, 2.45) is 0 Å². The first-order valence-corrected chi connectivity index (χ1v) is 9.76. The van der Waals surface area contributed by atoms with Crippen LogP contribution in [0.4, 0.5) is 11.5 Å². The van der Waals surface area contributed by atoms with Crippen molar-refractivity contribution in [1.82, 2.24) is 9.97 Å². The molecular weight excluding hydrogens is 366 g/mol. The number of hydrogen-bond donors (Lipinski definition) is 1. The molecule has 0 saturated carbocycles. The average Bonchev–Trinajstić information content (AvgIpc) is 2.66. The normalized spacial score (nSPS) is 10.6. The van der Waals surface area contributed by atoms with Crippen molar-refractivity contribution in [2.75, 3.05) is 18.7 Å². The van der Waals surface area contributed by atoms with Gasteiger partial charge in [-0.3, -0.25) is 0 Å². The molecule has 0 atom stereocenters. The van der Waals surface area contributed by atoms with Crippen LogP contribution < -0.4 is 10.1 Å². The van der Waals surface area contributed by atoms with Crippen molar-refractivity contribution in [3.63, 3.8) is 0 Å². The molecule has 134 valence electrons. The molecule has 4 nitrogen and oxygen atoms in total. The van der Waals surface area contributed by atoms with E-state index in [9.17, 15) is 0 Å². The Labute approximate surface area is 163 Å². The Bertz CT molecular complexity index is 883. The molecule has 26 heavy (non-hydrogen) atoms. The fourth-order valence-corrected chi connectivity index (χ4v) is 3.16. The summed E-state index contributed by atoms with van der Waals surface area (Å²) in [6.07, 6.45) is 2.57. The summed E-state index contributed by atoms with van der Waals surface area (Å²) >= 11 is 7.95. The van der Waals surface area contributed by atoms with Crippen LogP contribution in [0.2, 0.25) is 5.15 Å². The molecule has 0 aliphatic carbocycles. The minimum absolute atomic E-state index is 0.467. The number of rotatable bonds is 6. The zero-order valence-electron chi connectivity index (χ0n) is 14.9. The zero-order chi connectivity index (χ0) is 18.5. The third-order valence-corrected chi connectivity index (χ3v) is 4.83. The van der Waals surface area contributed by atoms with Gasteiger partial charge in [0.15, 0.2) is 5.16 Å². The van der Waals surface area contributed by atoms with E-state index in [4.69, 9.17) is 16.3 Å². The molecule has 6 heteroatoms. The third kappa shape index (κ3) is 4.48. The van der Waals surface area contributed by atoms with Crippen molar-refractivity contribution in [3.8, 4) is 5.75 Å². The van der Waals surface area contributed by atoms with Crippen molar-refractivity contribution < 1.29 is 4.74 Å². The maximum atomic E-state index is 6.48. The summed E-state index contributed by atoms with van der Waals surface area (Å²) < 4.78 is 5.22. The highest BCUT2D eigenvalue weighted by Gasteiger charge is 2.14. The third-order valence-electron chi connectivity index (χ3n) is 3.97. The van der Waals surface area contributed by atoms with Crippen molar-refractivity contribution >= 4 is 34.9 Å². The summed E-state index contributed by atoms with van der Waals surface area (Å²) in [6.45, 7) is 2.06. The predicted molar refractivity (Wildman–Crippen MR) is 109 cm³/mol. The van der Waals surface area contributed by atoms with Crippen LogP contribution in [0.5, 0.6) is 5.75 Å². The number of methoxy groups -OCH3 is 1. The Morgan fingerprint density at radius 2 is 1.73 bits per heavy atom. The van der Waals surface area contributed by atoms with Gasteiger partial charge >= 0.3 is 0 Å². The van der Waals surface area contributed by atoms with Gasteiger partial charge in [0.2, 0.25) is 0 Å². The molecule has 0 radical (unpaired) electrons. The van der Waals surface area contributed by atoms with Gasteiger partial charge in [0.1, 0.15) is 16.7 Å². The predicted octanol–water partition coefficient (Wildman–Crippen LogP) is 5.50. The lowest BCUT2D eigenvalue weighted by Gasteiger charge is -2.14. The minimum Gasteiger partial charge on any atom is -0.497 e. The topological polar surface area (TPSA) is 47.0 Å². The van der Waals surface area contributed by atoms with Gasteiger partial charge in [0.25, 0.3) is 0 Å². The Balaban J connectivity index is 1.95. The fraction of sp³-hybridized carbons (Fsp3) is 0.200. The molecule has 0 fully saturated rings. The smallest absolute Gasteiger partial charge is 0.190 e. The van der Waals surface area contributed by atoms with Gasteiger partial charge in [-0.25, -0.2) is 9.97 Å². The molecule has 2 aromatic carbocycles. The number of nitrogens with zero attached hydrogens (tertiary/aromatic N) is 2. The Kier molecular flexibility index (Phi) is 6.01. The molecule has 1 aromatic heterocycles. The van der Waals surface area contributed by atoms with E-state index in [-0.39, 0.29) is 0 Å². The number of thioether (sulfide) groups is 1. The van der Waals surface area contributed by atoms with Crippen LogP contribution in [-0.2, 0) is 6.42 Å². The molecule has 0 bridgehead atoms. The van der Waals surface area contributed by atoms with Gasteiger partial charge in [-0.1, -0.05) is 53.2 Å². The molecule has 1 heterocycles. The van der Waals surface area contributed by atoms with Crippen LogP contribution in [0.15, 0.2) is 53.7 Å². The summed E-state index contributed by atoms with van der Waals surface area (Å²) in [5.74, 6) is 1.56. The number of hydrogen-bond acceptors (Lipinski definition) is 5. The van der Waals surface area contributed by atoms with Crippen molar-refractivity contribution in [1.29, 1.82) is 0 Å². The SMILES string of the molecule is COc1ccc(Cc2c(Cl)nc(SC)nc2Nc2ccc(C)cc2)cc1. The monoisotopic (exact) mass is 385 g/mol. The standard InChI is InChI=1S/C20H20ClN3OS/c1-13-4-8-15(9-5-13)22-19-17(18(21)23-20(24-19)26-3)12-14-6-10-16(25-2)11-7-14/h4-11H,12H2,1-3H3,(H,22,23,24). The van der Waals surface area contributed by atoms with Crippen LogP contribution in [-0.4, -0.2) is 23.3 Å². The number of aromatic nitrogens is 2. The van der Waals surface area contributed by atoms with E-state index < -0.39 is 0 Å². The number of benzene rings is 2. The highest BCUT2D eigenvalue weighted by Crippen LogP contribution is 2.29. The second kappa shape index (κ2) is 8.43. The highest BCUT2D eigenvalue weighted by molar-refractivity contribution is 7.98. The average molecular weight is 386 g/mol. The molecule has 0 spiro atoms. The van der Waals surface area contributed by atoms with Crippen LogP contribution in [0.25, 0.3) is 0 Å². The quantitative estimate of drug-likeness (QED) is 0.344. The van der Waals surface area contributed by atoms with Crippen molar-refractivity contribution in [2.45, 2.75) is 18.5 Å². The summed E-state index contributed by atoms with van der Waals surface area (Å²) in [7, 11) is 1.66. The summed E-state index contributed by atoms with van der Waals surface area (Å²) in [6, 6.07) is 16.1. The molecular formula is C20H20ClN3OS. The maximum absolute atomic E-state index is 6.48.